The first-order valence-corrected chi connectivity index (χ1v) is 6.83. The molecule has 1 heterocycles. The first kappa shape index (κ1) is 10.3. The van der Waals surface area contributed by atoms with Crippen molar-refractivity contribution in [3.63, 3.8) is 0 Å². The van der Waals surface area contributed by atoms with E-state index in [4.69, 9.17) is 0 Å². The van der Waals surface area contributed by atoms with Crippen molar-refractivity contribution in [1.29, 1.82) is 0 Å². The molecule has 0 unspecified atom stereocenters. The van der Waals surface area contributed by atoms with Crippen LogP contribution in [0.15, 0.2) is 0 Å². The van der Waals surface area contributed by atoms with Crippen LogP contribution in [-0.4, -0.2) is 23.9 Å². The van der Waals surface area contributed by atoms with Gasteiger partial charge in [0.05, 0.1) is 10.6 Å². The molecule has 0 atom stereocenters. The second-order valence-electron chi connectivity index (χ2n) is 4.74. The zero-order valence-corrected chi connectivity index (χ0v) is 10.3. The van der Waals surface area contributed by atoms with Gasteiger partial charge in [-0.25, -0.2) is 4.98 Å². The summed E-state index contributed by atoms with van der Waals surface area (Å²) in [6.07, 6.45) is 6.54. The molecule has 0 N–H and O–H groups in total. The summed E-state index contributed by atoms with van der Waals surface area (Å²) in [5.41, 5.74) is 1.04. The molecular formula is C12H16N2OS. The minimum Gasteiger partial charge on any atom is -0.348 e. The SMILES string of the molecule is CN(c1nc2c(s1)C(=O)CCC2)C1CCC1. The van der Waals surface area contributed by atoms with Crippen LogP contribution in [0.2, 0.25) is 0 Å². The molecule has 2 aliphatic carbocycles. The number of Topliss-reactive ketones (excluding diaryl/α,β-unsaturated/α-hetero) is 1. The summed E-state index contributed by atoms with van der Waals surface area (Å²) in [4.78, 5) is 19.5. The van der Waals surface area contributed by atoms with E-state index >= 15 is 0 Å². The molecule has 16 heavy (non-hydrogen) atoms. The number of thiazole rings is 1. The van der Waals surface area contributed by atoms with E-state index in [1.54, 1.807) is 11.3 Å². The van der Waals surface area contributed by atoms with E-state index in [1.165, 1.54) is 19.3 Å². The van der Waals surface area contributed by atoms with Crippen molar-refractivity contribution in [2.24, 2.45) is 0 Å². The standard InChI is InChI=1S/C12H16N2OS/c1-14(8-4-2-5-8)12-13-9-6-3-7-10(15)11(9)16-12/h8H,2-7H2,1H3. The normalized spacial score (nSPS) is 20.4. The highest BCUT2D eigenvalue weighted by Gasteiger charge is 2.27. The van der Waals surface area contributed by atoms with Gasteiger partial charge in [-0.15, -0.1) is 0 Å². The Balaban J connectivity index is 1.88. The molecule has 0 bridgehead atoms. The van der Waals surface area contributed by atoms with Gasteiger partial charge in [0.1, 0.15) is 0 Å². The van der Waals surface area contributed by atoms with Crippen LogP contribution in [0.5, 0.6) is 0 Å². The van der Waals surface area contributed by atoms with Gasteiger partial charge >= 0.3 is 0 Å². The van der Waals surface area contributed by atoms with Crippen molar-refractivity contribution >= 4 is 22.3 Å². The number of aromatic nitrogens is 1. The van der Waals surface area contributed by atoms with Crippen molar-refractivity contribution in [3.8, 4) is 0 Å². The van der Waals surface area contributed by atoms with Gasteiger partial charge in [-0.3, -0.25) is 4.79 Å². The minimum absolute atomic E-state index is 0.298. The first-order valence-electron chi connectivity index (χ1n) is 6.01. The van der Waals surface area contributed by atoms with E-state index in [-0.39, 0.29) is 0 Å². The number of fused-ring (bicyclic) bond motifs is 1. The fourth-order valence-corrected chi connectivity index (χ4v) is 3.45. The lowest BCUT2D eigenvalue weighted by atomic mass is 9.92. The molecule has 1 aromatic rings. The van der Waals surface area contributed by atoms with Crippen LogP contribution >= 0.6 is 11.3 Å². The number of carbonyl (C=O) groups is 1. The highest BCUT2D eigenvalue weighted by molar-refractivity contribution is 7.17. The van der Waals surface area contributed by atoms with E-state index in [0.29, 0.717) is 18.2 Å². The number of rotatable bonds is 2. The molecule has 86 valence electrons. The largest absolute Gasteiger partial charge is 0.348 e. The monoisotopic (exact) mass is 236 g/mol. The van der Waals surface area contributed by atoms with Crippen LogP contribution in [-0.2, 0) is 6.42 Å². The second kappa shape index (κ2) is 3.84. The van der Waals surface area contributed by atoms with Gasteiger partial charge in [0, 0.05) is 19.5 Å². The van der Waals surface area contributed by atoms with E-state index < -0.39 is 0 Å². The van der Waals surface area contributed by atoms with Crippen molar-refractivity contribution < 1.29 is 4.79 Å². The Morgan fingerprint density at radius 2 is 2.12 bits per heavy atom. The predicted molar refractivity (Wildman–Crippen MR) is 65.4 cm³/mol. The van der Waals surface area contributed by atoms with E-state index in [9.17, 15) is 4.79 Å². The van der Waals surface area contributed by atoms with Gasteiger partial charge in [0.2, 0.25) is 0 Å². The van der Waals surface area contributed by atoms with Crippen molar-refractivity contribution in [3.05, 3.63) is 10.6 Å². The molecule has 1 aromatic heterocycles. The lowest BCUT2D eigenvalue weighted by Gasteiger charge is -2.34. The summed E-state index contributed by atoms with van der Waals surface area (Å²) in [5, 5.41) is 1.05. The molecular weight excluding hydrogens is 220 g/mol. The number of hydrogen-bond acceptors (Lipinski definition) is 4. The van der Waals surface area contributed by atoms with Crippen LogP contribution < -0.4 is 4.90 Å². The average Bonchev–Trinajstić information content (AvgIpc) is 2.60. The molecule has 2 aliphatic rings. The summed E-state index contributed by atoms with van der Waals surface area (Å²) >= 11 is 1.59. The molecule has 3 nitrogen and oxygen atoms in total. The summed E-state index contributed by atoms with van der Waals surface area (Å²) < 4.78 is 0. The second-order valence-corrected chi connectivity index (χ2v) is 5.72. The smallest absolute Gasteiger partial charge is 0.186 e. The Bertz CT molecular complexity index is 423. The number of aryl methyl sites for hydroxylation is 1. The Morgan fingerprint density at radius 3 is 2.75 bits per heavy atom. The van der Waals surface area contributed by atoms with Crippen molar-refractivity contribution in [1.82, 2.24) is 4.98 Å². The Kier molecular flexibility index (Phi) is 2.46. The van der Waals surface area contributed by atoms with Gasteiger partial charge in [-0.1, -0.05) is 11.3 Å². The fourth-order valence-electron chi connectivity index (χ4n) is 2.34. The maximum absolute atomic E-state index is 11.7. The molecule has 1 fully saturated rings. The third-order valence-electron chi connectivity index (χ3n) is 3.68. The maximum atomic E-state index is 11.7. The third-order valence-corrected chi connectivity index (χ3v) is 4.91. The number of nitrogens with zero attached hydrogens (tertiary/aromatic N) is 2. The molecule has 0 aromatic carbocycles. The Labute approximate surface area is 99.5 Å². The molecule has 0 amide bonds. The van der Waals surface area contributed by atoms with Crippen molar-refractivity contribution in [2.45, 2.75) is 44.6 Å². The Morgan fingerprint density at radius 1 is 1.31 bits per heavy atom. The third kappa shape index (κ3) is 1.56. The average molecular weight is 236 g/mol. The zero-order chi connectivity index (χ0) is 11.1. The molecule has 0 spiro atoms. The highest BCUT2D eigenvalue weighted by Crippen LogP contribution is 2.35. The minimum atomic E-state index is 0.298. The highest BCUT2D eigenvalue weighted by atomic mass is 32.1. The molecule has 1 saturated carbocycles. The number of carbonyl (C=O) groups excluding carboxylic acids is 1. The van der Waals surface area contributed by atoms with Gasteiger partial charge in [0.25, 0.3) is 0 Å². The number of ketones is 1. The van der Waals surface area contributed by atoms with E-state index in [0.717, 1.165) is 28.5 Å². The first-order chi connectivity index (χ1) is 7.75. The van der Waals surface area contributed by atoms with Crippen LogP contribution in [0.1, 0.15) is 47.5 Å². The molecule has 3 rings (SSSR count). The van der Waals surface area contributed by atoms with E-state index in [1.807, 2.05) is 0 Å². The van der Waals surface area contributed by atoms with Crippen molar-refractivity contribution in [2.75, 3.05) is 11.9 Å². The van der Waals surface area contributed by atoms with Crippen LogP contribution in [0.25, 0.3) is 0 Å². The van der Waals surface area contributed by atoms with Gasteiger partial charge < -0.3 is 4.90 Å². The molecule has 0 radical (unpaired) electrons. The van der Waals surface area contributed by atoms with Gasteiger partial charge in [0.15, 0.2) is 10.9 Å². The summed E-state index contributed by atoms with van der Waals surface area (Å²) in [7, 11) is 2.11. The quantitative estimate of drug-likeness (QED) is 0.791. The molecule has 0 saturated heterocycles. The summed E-state index contributed by atoms with van der Waals surface area (Å²) in [5.74, 6) is 0.298. The topological polar surface area (TPSA) is 33.2 Å². The zero-order valence-electron chi connectivity index (χ0n) is 9.53. The van der Waals surface area contributed by atoms with Gasteiger partial charge in [-0.05, 0) is 32.1 Å². The summed E-state index contributed by atoms with van der Waals surface area (Å²) in [6, 6.07) is 0.655. The predicted octanol–water partition coefficient (Wildman–Crippen LogP) is 2.65. The molecule has 0 aliphatic heterocycles. The molecule has 4 heteroatoms. The Hall–Kier alpha value is -0.900. The van der Waals surface area contributed by atoms with Crippen LogP contribution in [0.3, 0.4) is 0 Å². The van der Waals surface area contributed by atoms with Gasteiger partial charge in [-0.2, -0.15) is 0 Å². The fraction of sp³-hybridized carbons (Fsp3) is 0.667. The van der Waals surface area contributed by atoms with Crippen LogP contribution in [0, 0.1) is 0 Å². The number of anilines is 1. The summed E-state index contributed by atoms with van der Waals surface area (Å²) in [6.45, 7) is 0. The maximum Gasteiger partial charge on any atom is 0.186 e. The van der Waals surface area contributed by atoms with Crippen LogP contribution in [0.4, 0.5) is 5.13 Å². The number of hydrogen-bond donors (Lipinski definition) is 0. The lowest BCUT2D eigenvalue weighted by molar-refractivity contribution is 0.0976. The lowest BCUT2D eigenvalue weighted by Crippen LogP contribution is -2.37. The van der Waals surface area contributed by atoms with E-state index in [2.05, 4.69) is 16.9 Å².